The summed E-state index contributed by atoms with van der Waals surface area (Å²) in [5.41, 5.74) is 3.26. The van der Waals surface area contributed by atoms with E-state index in [1.54, 1.807) is 13.2 Å². The standard InChI is InChI=1S/C21H30N4O2.HI/c1-6-26-20-18(8-7-11-23-20)14-25-21(22-5)24-13-17-10-9-16(4)12-19(17)27-15(2)3;/h7-12,15H,6,13-14H2,1-5H3,(H2,22,24,25);1H. The Bertz CT molecular complexity index is 766. The third kappa shape index (κ3) is 7.53. The van der Waals surface area contributed by atoms with Gasteiger partial charge in [0.1, 0.15) is 5.75 Å². The molecule has 0 radical (unpaired) electrons. The molecular weight excluding hydrogens is 467 g/mol. The largest absolute Gasteiger partial charge is 0.491 e. The lowest BCUT2D eigenvalue weighted by Crippen LogP contribution is -2.36. The second kappa shape index (κ2) is 12.4. The number of aromatic nitrogens is 1. The van der Waals surface area contributed by atoms with Gasteiger partial charge in [-0.25, -0.2) is 4.98 Å². The Kier molecular flexibility index (Phi) is 10.7. The van der Waals surface area contributed by atoms with Crippen molar-refractivity contribution in [3.05, 3.63) is 53.2 Å². The Balaban J connectivity index is 0.00000392. The first kappa shape index (κ1) is 24.0. The van der Waals surface area contributed by atoms with Gasteiger partial charge in [0, 0.05) is 37.5 Å². The molecule has 0 saturated carbocycles. The lowest BCUT2D eigenvalue weighted by Gasteiger charge is -2.17. The van der Waals surface area contributed by atoms with E-state index < -0.39 is 0 Å². The van der Waals surface area contributed by atoms with Gasteiger partial charge in [0.2, 0.25) is 5.88 Å². The van der Waals surface area contributed by atoms with Gasteiger partial charge >= 0.3 is 0 Å². The van der Waals surface area contributed by atoms with Crippen molar-refractivity contribution < 1.29 is 9.47 Å². The van der Waals surface area contributed by atoms with E-state index in [1.807, 2.05) is 32.9 Å². The minimum absolute atomic E-state index is 0. The number of aryl methyl sites for hydroxylation is 1. The summed E-state index contributed by atoms with van der Waals surface area (Å²) in [4.78, 5) is 8.57. The average Bonchev–Trinajstić information content (AvgIpc) is 2.64. The Morgan fingerprint density at radius 1 is 1.14 bits per heavy atom. The number of rotatable bonds is 8. The third-order valence-electron chi connectivity index (χ3n) is 3.83. The van der Waals surface area contributed by atoms with Gasteiger partial charge in [-0.1, -0.05) is 18.2 Å². The molecule has 1 aromatic heterocycles. The molecule has 6 nitrogen and oxygen atoms in total. The molecule has 0 atom stereocenters. The fourth-order valence-corrected chi connectivity index (χ4v) is 2.58. The lowest BCUT2D eigenvalue weighted by molar-refractivity contribution is 0.239. The molecule has 0 bridgehead atoms. The highest BCUT2D eigenvalue weighted by Gasteiger charge is 2.09. The average molecular weight is 498 g/mol. The number of nitrogens with one attached hydrogen (secondary N) is 2. The molecule has 154 valence electrons. The number of guanidine groups is 1. The van der Waals surface area contributed by atoms with E-state index in [1.165, 1.54) is 5.56 Å². The van der Waals surface area contributed by atoms with E-state index in [0.29, 0.717) is 31.5 Å². The number of aliphatic imine (C=N–C) groups is 1. The van der Waals surface area contributed by atoms with Crippen LogP contribution in [0.2, 0.25) is 0 Å². The van der Waals surface area contributed by atoms with Crippen molar-refractivity contribution in [3.8, 4) is 11.6 Å². The Morgan fingerprint density at radius 3 is 2.50 bits per heavy atom. The fourth-order valence-electron chi connectivity index (χ4n) is 2.58. The van der Waals surface area contributed by atoms with Crippen LogP contribution in [0.1, 0.15) is 37.5 Å². The second-order valence-electron chi connectivity index (χ2n) is 6.46. The summed E-state index contributed by atoms with van der Waals surface area (Å²) in [6, 6.07) is 10.1. The van der Waals surface area contributed by atoms with Crippen molar-refractivity contribution in [3.63, 3.8) is 0 Å². The molecule has 1 aromatic carbocycles. The highest BCUT2D eigenvalue weighted by atomic mass is 127. The monoisotopic (exact) mass is 498 g/mol. The molecule has 2 rings (SSSR count). The van der Waals surface area contributed by atoms with Crippen LogP contribution in [0.5, 0.6) is 11.6 Å². The highest BCUT2D eigenvalue weighted by Crippen LogP contribution is 2.21. The zero-order valence-corrected chi connectivity index (χ0v) is 19.6. The number of halogens is 1. The van der Waals surface area contributed by atoms with Crippen molar-refractivity contribution in [1.29, 1.82) is 0 Å². The van der Waals surface area contributed by atoms with Crippen LogP contribution in [-0.2, 0) is 13.1 Å². The number of nitrogens with zero attached hydrogens (tertiary/aromatic N) is 2. The van der Waals surface area contributed by atoms with E-state index >= 15 is 0 Å². The van der Waals surface area contributed by atoms with Crippen molar-refractivity contribution in [2.45, 2.75) is 46.9 Å². The molecule has 7 heteroatoms. The molecule has 0 saturated heterocycles. The molecule has 0 aliphatic heterocycles. The first-order valence-corrected chi connectivity index (χ1v) is 9.30. The van der Waals surface area contributed by atoms with Crippen LogP contribution in [0.25, 0.3) is 0 Å². The normalized spacial score (nSPS) is 11.0. The van der Waals surface area contributed by atoms with Gasteiger partial charge in [0.05, 0.1) is 12.7 Å². The SMILES string of the molecule is CCOc1ncccc1CNC(=NC)NCc1ccc(C)cc1OC(C)C.I. The summed E-state index contributed by atoms with van der Waals surface area (Å²) in [5, 5.41) is 6.64. The molecule has 0 unspecified atom stereocenters. The molecule has 0 aliphatic rings. The lowest BCUT2D eigenvalue weighted by atomic mass is 10.1. The van der Waals surface area contributed by atoms with Gasteiger partial charge < -0.3 is 20.1 Å². The Labute approximate surface area is 185 Å². The predicted molar refractivity (Wildman–Crippen MR) is 125 cm³/mol. The van der Waals surface area contributed by atoms with Gasteiger partial charge in [0.15, 0.2) is 5.96 Å². The van der Waals surface area contributed by atoms with E-state index in [-0.39, 0.29) is 30.1 Å². The van der Waals surface area contributed by atoms with Crippen molar-refractivity contribution in [2.75, 3.05) is 13.7 Å². The number of hydrogen-bond donors (Lipinski definition) is 2. The maximum Gasteiger partial charge on any atom is 0.218 e. The van der Waals surface area contributed by atoms with Crippen molar-refractivity contribution in [2.24, 2.45) is 4.99 Å². The topological polar surface area (TPSA) is 67.8 Å². The third-order valence-corrected chi connectivity index (χ3v) is 3.83. The Hall–Kier alpha value is -2.03. The van der Waals surface area contributed by atoms with Crippen molar-refractivity contribution in [1.82, 2.24) is 15.6 Å². The molecule has 0 amide bonds. The van der Waals surface area contributed by atoms with Crippen LogP contribution in [0.3, 0.4) is 0 Å². The first-order valence-electron chi connectivity index (χ1n) is 9.30. The van der Waals surface area contributed by atoms with Crippen molar-refractivity contribution >= 4 is 29.9 Å². The smallest absolute Gasteiger partial charge is 0.218 e. The summed E-state index contributed by atoms with van der Waals surface area (Å²) in [7, 11) is 1.75. The quantitative estimate of drug-likeness (QED) is 0.327. The molecule has 2 aromatic rings. The number of pyridine rings is 1. The molecule has 2 N–H and O–H groups in total. The van der Waals surface area contributed by atoms with Crippen LogP contribution in [0.15, 0.2) is 41.5 Å². The van der Waals surface area contributed by atoms with E-state index in [9.17, 15) is 0 Å². The maximum atomic E-state index is 5.94. The zero-order valence-electron chi connectivity index (χ0n) is 17.3. The van der Waals surface area contributed by atoms with Gasteiger partial charge in [-0.2, -0.15) is 0 Å². The Morgan fingerprint density at radius 2 is 1.86 bits per heavy atom. The van der Waals surface area contributed by atoms with Crippen LogP contribution in [0, 0.1) is 6.92 Å². The molecule has 0 aliphatic carbocycles. The predicted octanol–water partition coefficient (Wildman–Crippen LogP) is 4.06. The second-order valence-corrected chi connectivity index (χ2v) is 6.46. The first-order chi connectivity index (χ1) is 13.0. The summed E-state index contributed by atoms with van der Waals surface area (Å²) < 4.78 is 11.5. The molecule has 0 fully saturated rings. The molecule has 0 spiro atoms. The van der Waals surface area contributed by atoms with E-state index in [2.05, 4.69) is 45.7 Å². The minimum Gasteiger partial charge on any atom is -0.491 e. The summed E-state index contributed by atoms with van der Waals surface area (Å²) in [6.45, 7) is 9.86. The maximum absolute atomic E-state index is 5.94. The fraction of sp³-hybridized carbons (Fsp3) is 0.429. The van der Waals surface area contributed by atoms with E-state index in [0.717, 1.165) is 16.9 Å². The summed E-state index contributed by atoms with van der Waals surface area (Å²) in [6.07, 6.45) is 1.86. The molecule has 28 heavy (non-hydrogen) atoms. The van der Waals surface area contributed by atoms with Gasteiger partial charge in [-0.15, -0.1) is 24.0 Å². The van der Waals surface area contributed by atoms with Crippen LogP contribution >= 0.6 is 24.0 Å². The highest BCUT2D eigenvalue weighted by molar-refractivity contribution is 14.0. The van der Waals surface area contributed by atoms with E-state index in [4.69, 9.17) is 9.47 Å². The van der Waals surface area contributed by atoms with Gasteiger partial charge in [-0.05, 0) is 45.4 Å². The number of ether oxygens (including phenoxy) is 2. The minimum atomic E-state index is 0. The summed E-state index contributed by atoms with van der Waals surface area (Å²) in [5.74, 6) is 2.25. The van der Waals surface area contributed by atoms with Crippen LogP contribution in [0.4, 0.5) is 0 Å². The van der Waals surface area contributed by atoms with Gasteiger partial charge in [0.25, 0.3) is 0 Å². The number of hydrogen-bond acceptors (Lipinski definition) is 4. The molecular formula is C21H31IN4O2. The van der Waals surface area contributed by atoms with Gasteiger partial charge in [-0.3, -0.25) is 4.99 Å². The number of benzene rings is 1. The zero-order chi connectivity index (χ0) is 19.6. The molecule has 1 heterocycles. The van der Waals surface area contributed by atoms with Crippen LogP contribution in [-0.4, -0.2) is 30.7 Å². The summed E-state index contributed by atoms with van der Waals surface area (Å²) >= 11 is 0. The van der Waals surface area contributed by atoms with Crippen LogP contribution < -0.4 is 20.1 Å².